The molecule has 0 radical (unpaired) electrons. The fraction of sp³-hybridized carbons (Fsp3) is 0.889. The Labute approximate surface area is 72.4 Å². The standard InChI is InChI=1S/C9H15NO2/c1-9(12,7-3-4-7)8(11)10-5-2-6-10/h7,12H,2-6H2,1H3. The van der Waals surface area contributed by atoms with Gasteiger partial charge in [-0.2, -0.15) is 0 Å². The highest BCUT2D eigenvalue weighted by molar-refractivity contribution is 5.85. The van der Waals surface area contributed by atoms with Gasteiger partial charge in [0.1, 0.15) is 5.60 Å². The number of rotatable bonds is 2. The molecule has 1 aliphatic heterocycles. The Bertz CT molecular complexity index is 205. The first-order chi connectivity index (χ1) is 5.62. The van der Waals surface area contributed by atoms with Gasteiger partial charge in [-0.1, -0.05) is 0 Å². The van der Waals surface area contributed by atoms with Crippen LogP contribution in [0.25, 0.3) is 0 Å². The highest BCUT2D eigenvalue weighted by atomic mass is 16.3. The van der Waals surface area contributed by atoms with Gasteiger partial charge in [0.05, 0.1) is 0 Å². The first-order valence-corrected chi connectivity index (χ1v) is 4.64. The third-order valence-corrected chi connectivity index (χ3v) is 2.95. The molecule has 0 aromatic rings. The van der Waals surface area contributed by atoms with Crippen LogP contribution in [0.4, 0.5) is 0 Å². The highest BCUT2D eigenvalue weighted by Gasteiger charge is 2.48. The second kappa shape index (κ2) is 2.46. The lowest BCUT2D eigenvalue weighted by Crippen LogP contribution is -2.53. The zero-order valence-electron chi connectivity index (χ0n) is 7.42. The number of carbonyl (C=O) groups excluding carboxylic acids is 1. The summed E-state index contributed by atoms with van der Waals surface area (Å²) in [5.41, 5.74) is -1.07. The van der Waals surface area contributed by atoms with Crippen molar-refractivity contribution in [3.8, 4) is 0 Å². The van der Waals surface area contributed by atoms with Gasteiger partial charge < -0.3 is 10.0 Å². The van der Waals surface area contributed by atoms with Gasteiger partial charge in [0.2, 0.25) is 0 Å². The molecule has 1 atom stereocenters. The molecule has 0 aromatic heterocycles. The van der Waals surface area contributed by atoms with Crippen LogP contribution in [0.15, 0.2) is 0 Å². The molecule has 1 unspecified atom stereocenters. The van der Waals surface area contributed by atoms with E-state index >= 15 is 0 Å². The molecule has 0 spiro atoms. The van der Waals surface area contributed by atoms with Crippen LogP contribution in [0.2, 0.25) is 0 Å². The molecule has 1 heterocycles. The Morgan fingerprint density at radius 1 is 1.50 bits per heavy atom. The molecule has 1 N–H and O–H groups in total. The molecular weight excluding hydrogens is 154 g/mol. The predicted molar refractivity (Wildman–Crippen MR) is 44.5 cm³/mol. The van der Waals surface area contributed by atoms with E-state index in [9.17, 15) is 9.90 Å². The van der Waals surface area contributed by atoms with Gasteiger partial charge in [0.15, 0.2) is 0 Å². The third kappa shape index (κ3) is 1.12. The van der Waals surface area contributed by atoms with Gasteiger partial charge in [-0.05, 0) is 32.1 Å². The van der Waals surface area contributed by atoms with Gasteiger partial charge in [-0.3, -0.25) is 4.79 Å². The summed E-state index contributed by atoms with van der Waals surface area (Å²) < 4.78 is 0. The summed E-state index contributed by atoms with van der Waals surface area (Å²) in [5, 5.41) is 9.87. The highest BCUT2D eigenvalue weighted by Crippen LogP contribution is 2.40. The van der Waals surface area contributed by atoms with Crippen molar-refractivity contribution in [2.75, 3.05) is 13.1 Å². The SMILES string of the molecule is CC(O)(C(=O)N1CCC1)C1CC1. The fourth-order valence-corrected chi connectivity index (χ4v) is 1.66. The molecule has 0 bridgehead atoms. The van der Waals surface area contributed by atoms with Crippen LogP contribution < -0.4 is 0 Å². The largest absolute Gasteiger partial charge is 0.380 e. The zero-order valence-corrected chi connectivity index (χ0v) is 7.42. The Morgan fingerprint density at radius 2 is 2.08 bits per heavy atom. The maximum atomic E-state index is 11.6. The van der Waals surface area contributed by atoms with Crippen LogP contribution in [0, 0.1) is 5.92 Å². The van der Waals surface area contributed by atoms with Gasteiger partial charge in [0.25, 0.3) is 5.91 Å². The quantitative estimate of drug-likeness (QED) is 0.649. The van der Waals surface area contributed by atoms with E-state index in [1.54, 1.807) is 11.8 Å². The minimum Gasteiger partial charge on any atom is -0.380 e. The fourth-order valence-electron chi connectivity index (χ4n) is 1.66. The minimum atomic E-state index is -1.07. The summed E-state index contributed by atoms with van der Waals surface area (Å²) in [5.74, 6) is 0.168. The monoisotopic (exact) mass is 169 g/mol. The first-order valence-electron chi connectivity index (χ1n) is 4.64. The summed E-state index contributed by atoms with van der Waals surface area (Å²) in [6, 6.07) is 0. The van der Waals surface area contributed by atoms with Gasteiger partial charge >= 0.3 is 0 Å². The van der Waals surface area contributed by atoms with Crippen LogP contribution in [-0.4, -0.2) is 34.6 Å². The van der Waals surface area contributed by atoms with Crippen molar-refractivity contribution in [2.45, 2.75) is 31.8 Å². The van der Waals surface area contributed by atoms with Crippen molar-refractivity contribution >= 4 is 5.91 Å². The van der Waals surface area contributed by atoms with Crippen LogP contribution in [-0.2, 0) is 4.79 Å². The number of likely N-dealkylation sites (tertiary alicyclic amines) is 1. The molecule has 1 amide bonds. The predicted octanol–water partition coefficient (Wildman–Crippen LogP) is 0.380. The minimum absolute atomic E-state index is 0.0590. The molecule has 3 nitrogen and oxygen atoms in total. The molecule has 2 aliphatic rings. The number of nitrogens with zero attached hydrogens (tertiary/aromatic N) is 1. The Hall–Kier alpha value is -0.570. The van der Waals surface area contributed by atoms with Crippen LogP contribution in [0.5, 0.6) is 0 Å². The van der Waals surface area contributed by atoms with Crippen molar-refractivity contribution in [3.05, 3.63) is 0 Å². The van der Waals surface area contributed by atoms with E-state index < -0.39 is 5.60 Å². The van der Waals surface area contributed by atoms with Crippen molar-refractivity contribution in [2.24, 2.45) is 5.92 Å². The molecule has 0 aromatic carbocycles. The van der Waals surface area contributed by atoms with E-state index in [0.717, 1.165) is 32.4 Å². The van der Waals surface area contributed by atoms with Crippen molar-refractivity contribution in [3.63, 3.8) is 0 Å². The van der Waals surface area contributed by atoms with Gasteiger partial charge in [-0.15, -0.1) is 0 Å². The summed E-state index contributed by atoms with van der Waals surface area (Å²) in [7, 11) is 0. The molecule has 2 rings (SSSR count). The van der Waals surface area contributed by atoms with Crippen LogP contribution >= 0.6 is 0 Å². The zero-order chi connectivity index (χ0) is 8.77. The van der Waals surface area contributed by atoms with E-state index in [2.05, 4.69) is 0 Å². The van der Waals surface area contributed by atoms with Crippen molar-refractivity contribution in [1.82, 2.24) is 4.90 Å². The Morgan fingerprint density at radius 3 is 2.42 bits per heavy atom. The maximum Gasteiger partial charge on any atom is 0.254 e. The Kier molecular flexibility index (Phi) is 1.65. The molecule has 68 valence electrons. The Balaban J connectivity index is 2.00. The average molecular weight is 169 g/mol. The number of hydrogen-bond acceptors (Lipinski definition) is 2. The van der Waals surface area contributed by atoms with Gasteiger partial charge in [-0.25, -0.2) is 0 Å². The summed E-state index contributed by atoms with van der Waals surface area (Å²) >= 11 is 0. The van der Waals surface area contributed by atoms with Crippen molar-refractivity contribution in [1.29, 1.82) is 0 Å². The van der Waals surface area contributed by atoms with E-state index in [4.69, 9.17) is 0 Å². The third-order valence-electron chi connectivity index (χ3n) is 2.95. The topological polar surface area (TPSA) is 40.5 Å². The molecule has 1 saturated carbocycles. The number of carbonyl (C=O) groups is 1. The normalized spacial score (nSPS) is 27.7. The second-order valence-corrected chi connectivity index (χ2v) is 4.07. The number of aliphatic hydroxyl groups is 1. The number of hydrogen-bond donors (Lipinski definition) is 1. The maximum absolute atomic E-state index is 11.6. The van der Waals surface area contributed by atoms with E-state index in [0.29, 0.717) is 0 Å². The molecule has 2 fully saturated rings. The van der Waals surface area contributed by atoms with E-state index in [1.165, 1.54) is 0 Å². The van der Waals surface area contributed by atoms with E-state index in [-0.39, 0.29) is 11.8 Å². The van der Waals surface area contributed by atoms with Gasteiger partial charge in [0, 0.05) is 13.1 Å². The summed E-state index contributed by atoms with van der Waals surface area (Å²) in [6.07, 6.45) is 3.10. The molecular formula is C9H15NO2. The summed E-state index contributed by atoms with van der Waals surface area (Å²) in [4.78, 5) is 13.4. The molecule has 1 saturated heterocycles. The molecule has 1 aliphatic carbocycles. The second-order valence-electron chi connectivity index (χ2n) is 4.07. The first kappa shape index (κ1) is 8.05. The average Bonchev–Trinajstić information content (AvgIpc) is 2.62. The lowest BCUT2D eigenvalue weighted by molar-refractivity contribution is -0.155. The van der Waals surface area contributed by atoms with E-state index in [1.807, 2.05) is 0 Å². The van der Waals surface area contributed by atoms with Crippen LogP contribution in [0.3, 0.4) is 0 Å². The van der Waals surface area contributed by atoms with Crippen molar-refractivity contribution < 1.29 is 9.90 Å². The number of amides is 1. The van der Waals surface area contributed by atoms with Crippen LogP contribution in [0.1, 0.15) is 26.2 Å². The lowest BCUT2D eigenvalue weighted by Gasteiger charge is -2.36. The molecule has 12 heavy (non-hydrogen) atoms. The smallest absolute Gasteiger partial charge is 0.254 e. The lowest BCUT2D eigenvalue weighted by atomic mass is 9.97. The molecule has 3 heteroatoms. The summed E-state index contributed by atoms with van der Waals surface area (Å²) in [6.45, 7) is 3.33.